The molecule has 0 saturated heterocycles. The van der Waals surface area contributed by atoms with Crippen molar-refractivity contribution in [3.05, 3.63) is 82.3 Å². The van der Waals surface area contributed by atoms with E-state index >= 15 is 0 Å². The number of nitrogens with zero attached hydrogens (tertiary/aromatic N) is 2. The summed E-state index contributed by atoms with van der Waals surface area (Å²) in [5, 5.41) is 3.78. The summed E-state index contributed by atoms with van der Waals surface area (Å²) in [5.74, 6) is -0.362. The second-order valence-corrected chi connectivity index (χ2v) is 12.2. The lowest BCUT2D eigenvalue weighted by Crippen LogP contribution is -2.51. The molecule has 1 N–H and O–H groups in total. The van der Waals surface area contributed by atoms with E-state index in [4.69, 9.17) is 32.7 Å². The van der Waals surface area contributed by atoms with Gasteiger partial charge in [-0.15, -0.1) is 0 Å². The number of anilines is 1. The third-order valence-electron chi connectivity index (χ3n) is 6.60. The van der Waals surface area contributed by atoms with Crippen molar-refractivity contribution in [2.45, 2.75) is 44.2 Å². The van der Waals surface area contributed by atoms with Crippen LogP contribution in [0.3, 0.4) is 0 Å². The molecule has 12 heteroatoms. The molecule has 0 saturated carbocycles. The van der Waals surface area contributed by atoms with E-state index < -0.39 is 28.5 Å². The van der Waals surface area contributed by atoms with Crippen LogP contribution in [0.2, 0.25) is 10.0 Å². The van der Waals surface area contributed by atoms with Gasteiger partial charge in [-0.05, 0) is 67.4 Å². The molecule has 0 fully saturated rings. The van der Waals surface area contributed by atoms with Crippen molar-refractivity contribution in [2.75, 3.05) is 31.6 Å². The Kier molecular flexibility index (Phi) is 11.9. The highest BCUT2D eigenvalue weighted by Crippen LogP contribution is 2.32. The molecular formula is C30H35Cl2N3O6S. The number of hydrogen-bond donors (Lipinski definition) is 1. The second-order valence-electron chi connectivity index (χ2n) is 9.47. The lowest BCUT2D eigenvalue weighted by atomic mass is 10.1. The Morgan fingerprint density at radius 1 is 0.905 bits per heavy atom. The van der Waals surface area contributed by atoms with Crippen LogP contribution in [0, 0.1) is 0 Å². The van der Waals surface area contributed by atoms with Gasteiger partial charge >= 0.3 is 0 Å². The largest absolute Gasteiger partial charge is 0.493 e. The maximum absolute atomic E-state index is 14.0. The molecule has 0 spiro atoms. The molecule has 0 aromatic heterocycles. The van der Waals surface area contributed by atoms with Gasteiger partial charge in [-0.1, -0.05) is 48.7 Å². The van der Waals surface area contributed by atoms with Crippen molar-refractivity contribution >= 4 is 50.7 Å². The molecule has 226 valence electrons. The fourth-order valence-corrected chi connectivity index (χ4v) is 5.83. The second kappa shape index (κ2) is 15.1. The first-order valence-electron chi connectivity index (χ1n) is 13.3. The number of carbonyl (C=O) groups excluding carboxylic acids is 2. The summed E-state index contributed by atoms with van der Waals surface area (Å²) in [6.07, 6.45) is 1.68. The minimum absolute atomic E-state index is 0.0588. The summed E-state index contributed by atoms with van der Waals surface area (Å²) in [5.41, 5.74) is 0.941. The molecular weight excluding hydrogens is 601 g/mol. The minimum Gasteiger partial charge on any atom is -0.493 e. The van der Waals surface area contributed by atoms with Crippen molar-refractivity contribution < 1.29 is 27.5 Å². The lowest BCUT2D eigenvalue weighted by Gasteiger charge is -2.32. The maximum Gasteiger partial charge on any atom is 0.264 e. The number of benzene rings is 3. The fraction of sp³-hybridized carbons (Fsp3) is 0.333. The van der Waals surface area contributed by atoms with Crippen LogP contribution in [-0.4, -0.2) is 58.5 Å². The van der Waals surface area contributed by atoms with Gasteiger partial charge in [-0.2, -0.15) is 0 Å². The van der Waals surface area contributed by atoms with Gasteiger partial charge in [0.15, 0.2) is 11.5 Å². The van der Waals surface area contributed by atoms with Crippen LogP contribution in [0.4, 0.5) is 5.69 Å². The van der Waals surface area contributed by atoms with Crippen LogP contribution in [0.1, 0.15) is 32.3 Å². The van der Waals surface area contributed by atoms with Gasteiger partial charge in [-0.3, -0.25) is 13.9 Å². The Balaban J connectivity index is 2.03. The van der Waals surface area contributed by atoms with E-state index in [1.165, 1.54) is 61.6 Å². The number of amides is 2. The van der Waals surface area contributed by atoms with E-state index in [0.717, 1.165) is 22.7 Å². The number of sulfonamides is 1. The van der Waals surface area contributed by atoms with Crippen molar-refractivity contribution in [1.82, 2.24) is 10.2 Å². The van der Waals surface area contributed by atoms with Crippen molar-refractivity contribution in [3.63, 3.8) is 0 Å². The molecule has 1 atom stereocenters. The summed E-state index contributed by atoms with van der Waals surface area (Å²) in [6, 6.07) is 16.3. The highest BCUT2D eigenvalue weighted by atomic mass is 35.5. The van der Waals surface area contributed by atoms with Crippen LogP contribution in [0.5, 0.6) is 11.5 Å². The molecule has 2 amide bonds. The van der Waals surface area contributed by atoms with Crippen LogP contribution < -0.4 is 19.1 Å². The topological polar surface area (TPSA) is 105 Å². The van der Waals surface area contributed by atoms with Crippen LogP contribution in [0.15, 0.2) is 71.6 Å². The molecule has 3 rings (SSSR count). The summed E-state index contributed by atoms with van der Waals surface area (Å²) in [6.45, 7) is 3.57. The molecule has 0 radical (unpaired) electrons. The lowest BCUT2D eigenvalue weighted by molar-refractivity contribution is -0.139. The average Bonchev–Trinajstić information content (AvgIpc) is 2.99. The molecule has 0 heterocycles. The molecule has 3 aromatic rings. The Morgan fingerprint density at radius 3 is 2.07 bits per heavy atom. The van der Waals surface area contributed by atoms with E-state index in [-0.39, 0.29) is 28.8 Å². The summed E-state index contributed by atoms with van der Waals surface area (Å²) in [7, 11) is -1.46. The van der Waals surface area contributed by atoms with Crippen LogP contribution in [0.25, 0.3) is 0 Å². The van der Waals surface area contributed by atoms with Crippen molar-refractivity contribution in [2.24, 2.45) is 0 Å². The molecule has 3 aromatic carbocycles. The Hall–Kier alpha value is -3.47. The number of nitrogens with one attached hydrogen (secondary N) is 1. The number of unbranched alkanes of at least 4 members (excludes halogenated alkanes) is 1. The summed E-state index contributed by atoms with van der Waals surface area (Å²) in [4.78, 5) is 28.3. The third-order valence-corrected chi connectivity index (χ3v) is 8.87. The van der Waals surface area contributed by atoms with Gasteiger partial charge in [-0.25, -0.2) is 8.42 Å². The molecule has 0 bridgehead atoms. The summed E-state index contributed by atoms with van der Waals surface area (Å²) >= 11 is 12.1. The summed E-state index contributed by atoms with van der Waals surface area (Å²) < 4.78 is 39.7. The van der Waals surface area contributed by atoms with Gasteiger partial charge in [0, 0.05) is 29.2 Å². The zero-order valence-electron chi connectivity index (χ0n) is 24.0. The van der Waals surface area contributed by atoms with E-state index in [0.29, 0.717) is 22.3 Å². The zero-order valence-corrected chi connectivity index (χ0v) is 26.3. The average molecular weight is 637 g/mol. The molecule has 0 aliphatic heterocycles. The monoisotopic (exact) mass is 635 g/mol. The van der Waals surface area contributed by atoms with Gasteiger partial charge in [0.25, 0.3) is 10.0 Å². The van der Waals surface area contributed by atoms with Gasteiger partial charge in [0.1, 0.15) is 12.6 Å². The highest BCUT2D eigenvalue weighted by Gasteiger charge is 2.33. The van der Waals surface area contributed by atoms with Crippen LogP contribution in [-0.2, 0) is 26.2 Å². The molecule has 0 aliphatic rings. The first-order chi connectivity index (χ1) is 20.0. The van der Waals surface area contributed by atoms with Crippen molar-refractivity contribution in [1.29, 1.82) is 0 Å². The molecule has 42 heavy (non-hydrogen) atoms. The maximum atomic E-state index is 14.0. The fourth-order valence-electron chi connectivity index (χ4n) is 4.15. The Morgan fingerprint density at radius 2 is 1.50 bits per heavy atom. The third kappa shape index (κ3) is 8.30. The van der Waals surface area contributed by atoms with Gasteiger partial charge < -0.3 is 19.7 Å². The quantitative estimate of drug-likeness (QED) is 0.233. The Labute approximate surface area is 257 Å². The van der Waals surface area contributed by atoms with Crippen LogP contribution >= 0.6 is 23.2 Å². The number of ether oxygens (including phenoxy) is 2. The van der Waals surface area contributed by atoms with Gasteiger partial charge in [0.2, 0.25) is 11.8 Å². The molecule has 0 unspecified atom stereocenters. The zero-order chi connectivity index (χ0) is 30.9. The smallest absolute Gasteiger partial charge is 0.264 e. The predicted octanol–water partition coefficient (Wildman–Crippen LogP) is 5.54. The highest BCUT2D eigenvalue weighted by molar-refractivity contribution is 7.92. The normalized spacial score (nSPS) is 11.9. The molecule has 9 nitrogen and oxygen atoms in total. The van der Waals surface area contributed by atoms with E-state index in [9.17, 15) is 18.0 Å². The van der Waals surface area contributed by atoms with E-state index in [1.807, 2.05) is 6.92 Å². The molecule has 0 aliphatic carbocycles. The predicted molar refractivity (Wildman–Crippen MR) is 165 cm³/mol. The number of carbonyl (C=O) groups is 2. The van der Waals surface area contributed by atoms with Crippen molar-refractivity contribution in [3.8, 4) is 11.5 Å². The first kappa shape index (κ1) is 33.0. The number of methoxy groups -OCH3 is 2. The Bertz CT molecular complexity index is 1470. The van der Waals surface area contributed by atoms with E-state index in [2.05, 4.69) is 5.32 Å². The number of halogens is 2. The van der Waals surface area contributed by atoms with Gasteiger partial charge in [0.05, 0.1) is 24.8 Å². The standard InChI is InChI=1S/C30H35Cl2N3O6S/c1-5-6-17-33-30(37)21(2)34(19-22-7-9-23(31)10-8-22)29(36)20-35(25-13-11-24(32)12-14-25)42(38,39)26-15-16-27(40-3)28(18-26)41-4/h7-16,18,21H,5-6,17,19-20H2,1-4H3,(H,33,37)/t21-/m1/s1. The first-order valence-corrected chi connectivity index (χ1v) is 15.5. The van der Waals surface area contributed by atoms with E-state index in [1.54, 1.807) is 31.2 Å². The number of hydrogen-bond acceptors (Lipinski definition) is 6. The SMILES string of the molecule is CCCCNC(=O)[C@@H](C)N(Cc1ccc(Cl)cc1)C(=O)CN(c1ccc(Cl)cc1)S(=O)(=O)c1ccc(OC)c(OC)c1. The minimum atomic E-state index is -4.31. The number of rotatable bonds is 14.